The number of carbonyl (C=O) groups excluding carboxylic acids is 2. The number of rotatable bonds is 6. The monoisotopic (exact) mass is 375 g/mol. The zero-order valence-electron chi connectivity index (χ0n) is 16.0. The first kappa shape index (κ1) is 19.8. The quantitative estimate of drug-likeness (QED) is 0.757. The van der Waals surface area contributed by atoms with Crippen molar-refractivity contribution in [3.8, 4) is 0 Å². The van der Waals surface area contributed by atoms with Crippen LogP contribution in [-0.4, -0.2) is 74.7 Å². The number of hydrogen-bond donors (Lipinski definition) is 1. The highest BCUT2D eigenvalue weighted by atomic mass is 16.5. The molecule has 1 aromatic rings. The molecule has 2 aliphatic heterocycles. The Labute approximate surface area is 160 Å². The molecule has 2 fully saturated rings. The van der Waals surface area contributed by atoms with Crippen molar-refractivity contribution in [2.45, 2.75) is 19.4 Å². The van der Waals surface area contributed by atoms with Gasteiger partial charge in [-0.1, -0.05) is 12.1 Å². The van der Waals surface area contributed by atoms with Gasteiger partial charge in [0.15, 0.2) is 0 Å². The van der Waals surface area contributed by atoms with Gasteiger partial charge in [-0.3, -0.25) is 19.4 Å². The van der Waals surface area contributed by atoms with E-state index in [0.717, 1.165) is 64.5 Å². The first-order valence-electron chi connectivity index (χ1n) is 9.63. The van der Waals surface area contributed by atoms with Crippen LogP contribution in [0.5, 0.6) is 0 Å². The summed E-state index contributed by atoms with van der Waals surface area (Å²) in [4.78, 5) is 28.3. The molecule has 1 amide bonds. The highest BCUT2D eigenvalue weighted by Gasteiger charge is 2.26. The highest BCUT2D eigenvalue weighted by molar-refractivity contribution is 5.92. The zero-order valence-corrected chi connectivity index (χ0v) is 16.0. The van der Waals surface area contributed by atoms with E-state index < -0.39 is 0 Å². The number of amides is 1. The number of esters is 1. The number of likely N-dealkylation sites (tertiary alicyclic amines) is 1. The second-order valence-corrected chi connectivity index (χ2v) is 7.21. The summed E-state index contributed by atoms with van der Waals surface area (Å²) >= 11 is 0. The van der Waals surface area contributed by atoms with Crippen molar-refractivity contribution in [3.05, 3.63) is 29.8 Å². The molecule has 2 aliphatic rings. The Bertz CT molecular complexity index is 621. The number of morpholine rings is 1. The second kappa shape index (κ2) is 9.82. The van der Waals surface area contributed by atoms with E-state index >= 15 is 0 Å². The first-order valence-corrected chi connectivity index (χ1v) is 9.63. The normalized spacial score (nSPS) is 19.6. The molecule has 0 aromatic heterocycles. The largest absolute Gasteiger partial charge is 0.469 e. The average molecular weight is 375 g/mol. The van der Waals surface area contributed by atoms with Gasteiger partial charge < -0.3 is 14.8 Å². The predicted molar refractivity (Wildman–Crippen MR) is 102 cm³/mol. The van der Waals surface area contributed by atoms with Crippen LogP contribution in [0.25, 0.3) is 0 Å². The fourth-order valence-electron chi connectivity index (χ4n) is 3.61. The van der Waals surface area contributed by atoms with Gasteiger partial charge in [0.2, 0.25) is 5.91 Å². The van der Waals surface area contributed by atoms with Gasteiger partial charge in [0.1, 0.15) is 0 Å². The van der Waals surface area contributed by atoms with Crippen LogP contribution in [0, 0.1) is 5.92 Å². The Balaban J connectivity index is 1.41. The van der Waals surface area contributed by atoms with E-state index in [1.54, 1.807) is 0 Å². The molecule has 2 heterocycles. The van der Waals surface area contributed by atoms with Crippen LogP contribution in [0.3, 0.4) is 0 Å². The Kier molecular flexibility index (Phi) is 7.20. The van der Waals surface area contributed by atoms with Crippen molar-refractivity contribution in [2.75, 3.05) is 58.4 Å². The zero-order chi connectivity index (χ0) is 19.1. The van der Waals surface area contributed by atoms with Gasteiger partial charge in [-0.2, -0.15) is 0 Å². The third-order valence-electron chi connectivity index (χ3n) is 5.24. The van der Waals surface area contributed by atoms with Gasteiger partial charge in [0.05, 0.1) is 32.8 Å². The van der Waals surface area contributed by atoms with E-state index in [4.69, 9.17) is 9.47 Å². The number of hydrogen-bond acceptors (Lipinski definition) is 6. The summed E-state index contributed by atoms with van der Waals surface area (Å²) in [5.41, 5.74) is 2.05. The van der Waals surface area contributed by atoms with Crippen LogP contribution in [0.15, 0.2) is 24.3 Å². The van der Waals surface area contributed by atoms with Gasteiger partial charge in [-0.15, -0.1) is 0 Å². The Morgan fingerprint density at radius 3 is 2.37 bits per heavy atom. The molecule has 0 aliphatic carbocycles. The van der Waals surface area contributed by atoms with Crippen molar-refractivity contribution < 1.29 is 19.1 Å². The fourth-order valence-corrected chi connectivity index (χ4v) is 3.61. The Morgan fingerprint density at radius 2 is 1.74 bits per heavy atom. The lowest BCUT2D eigenvalue weighted by Crippen LogP contribution is -2.41. The molecular formula is C20H29N3O4. The number of carbonyl (C=O) groups is 2. The van der Waals surface area contributed by atoms with Gasteiger partial charge in [-0.25, -0.2) is 0 Å². The number of piperidine rings is 1. The van der Waals surface area contributed by atoms with E-state index in [2.05, 4.69) is 27.2 Å². The summed E-state index contributed by atoms with van der Waals surface area (Å²) in [5.74, 6) is -0.197. The van der Waals surface area contributed by atoms with Crippen molar-refractivity contribution in [1.29, 1.82) is 0 Å². The fraction of sp³-hybridized carbons (Fsp3) is 0.600. The molecule has 1 N–H and O–H groups in total. The SMILES string of the molecule is COC(=O)C1CCN(CC(=O)Nc2ccc(CN3CCOCC3)cc2)CC1. The maximum Gasteiger partial charge on any atom is 0.308 e. The minimum absolute atomic E-state index is 0.0209. The molecule has 0 unspecified atom stereocenters. The number of benzene rings is 1. The van der Waals surface area contributed by atoms with Crippen LogP contribution in [0.1, 0.15) is 18.4 Å². The maximum atomic E-state index is 12.3. The summed E-state index contributed by atoms with van der Waals surface area (Å²) < 4.78 is 10.2. The number of ether oxygens (including phenoxy) is 2. The van der Waals surface area contributed by atoms with Crippen LogP contribution in [-0.2, 0) is 25.6 Å². The lowest BCUT2D eigenvalue weighted by Gasteiger charge is -2.30. The number of nitrogens with one attached hydrogen (secondary N) is 1. The summed E-state index contributed by atoms with van der Waals surface area (Å²) in [6.45, 7) is 6.26. The summed E-state index contributed by atoms with van der Waals surface area (Å²) in [7, 11) is 1.42. The maximum absolute atomic E-state index is 12.3. The van der Waals surface area contributed by atoms with Crippen molar-refractivity contribution in [3.63, 3.8) is 0 Å². The summed E-state index contributed by atoms with van der Waals surface area (Å²) in [6, 6.07) is 8.04. The Hall–Kier alpha value is -1.96. The van der Waals surface area contributed by atoms with E-state index in [0.29, 0.717) is 6.54 Å². The molecule has 7 heteroatoms. The van der Waals surface area contributed by atoms with Gasteiger partial charge in [0.25, 0.3) is 0 Å². The first-order chi connectivity index (χ1) is 13.1. The standard InChI is InChI=1S/C20H29N3O4/c1-26-20(25)17-6-8-22(9-7-17)15-19(24)21-18-4-2-16(3-5-18)14-23-10-12-27-13-11-23/h2-5,17H,6-15H2,1H3,(H,21,24). The van der Waals surface area contributed by atoms with Crippen molar-refractivity contribution in [2.24, 2.45) is 5.92 Å². The van der Waals surface area contributed by atoms with E-state index in [-0.39, 0.29) is 17.8 Å². The number of nitrogens with zero attached hydrogens (tertiary/aromatic N) is 2. The third-order valence-corrected chi connectivity index (χ3v) is 5.24. The van der Waals surface area contributed by atoms with Crippen LogP contribution in [0.2, 0.25) is 0 Å². The van der Waals surface area contributed by atoms with Crippen LogP contribution in [0.4, 0.5) is 5.69 Å². The van der Waals surface area contributed by atoms with Crippen molar-refractivity contribution >= 4 is 17.6 Å². The van der Waals surface area contributed by atoms with E-state index in [9.17, 15) is 9.59 Å². The topological polar surface area (TPSA) is 71.1 Å². The lowest BCUT2D eigenvalue weighted by atomic mass is 9.97. The molecule has 148 valence electrons. The average Bonchev–Trinajstić information content (AvgIpc) is 2.70. The van der Waals surface area contributed by atoms with Gasteiger partial charge >= 0.3 is 5.97 Å². The molecule has 3 rings (SSSR count). The molecule has 7 nitrogen and oxygen atoms in total. The van der Waals surface area contributed by atoms with E-state index in [1.807, 2.05) is 12.1 Å². The molecular weight excluding hydrogens is 346 g/mol. The molecule has 27 heavy (non-hydrogen) atoms. The molecule has 0 saturated carbocycles. The smallest absolute Gasteiger partial charge is 0.308 e. The van der Waals surface area contributed by atoms with E-state index in [1.165, 1.54) is 12.7 Å². The molecule has 1 aromatic carbocycles. The second-order valence-electron chi connectivity index (χ2n) is 7.21. The van der Waals surface area contributed by atoms with Crippen molar-refractivity contribution in [1.82, 2.24) is 9.80 Å². The Morgan fingerprint density at radius 1 is 1.07 bits per heavy atom. The van der Waals surface area contributed by atoms with Crippen LogP contribution < -0.4 is 5.32 Å². The molecule has 2 saturated heterocycles. The number of anilines is 1. The third kappa shape index (κ3) is 6.02. The molecule has 0 atom stereocenters. The molecule has 0 spiro atoms. The predicted octanol–water partition coefficient (Wildman–Crippen LogP) is 1.34. The summed E-state index contributed by atoms with van der Waals surface area (Å²) in [6.07, 6.45) is 1.49. The minimum Gasteiger partial charge on any atom is -0.469 e. The number of methoxy groups -OCH3 is 1. The van der Waals surface area contributed by atoms with Gasteiger partial charge in [0, 0.05) is 25.3 Å². The highest BCUT2D eigenvalue weighted by Crippen LogP contribution is 2.18. The molecule has 0 bridgehead atoms. The lowest BCUT2D eigenvalue weighted by molar-refractivity contribution is -0.147. The van der Waals surface area contributed by atoms with Crippen LogP contribution >= 0.6 is 0 Å². The van der Waals surface area contributed by atoms with Gasteiger partial charge in [-0.05, 0) is 43.6 Å². The molecule has 0 radical (unpaired) electrons. The minimum atomic E-state index is -0.142. The summed E-state index contributed by atoms with van der Waals surface area (Å²) in [5, 5.41) is 2.96.